The fourth-order valence-electron chi connectivity index (χ4n) is 3.95. The molecule has 1 aromatic carbocycles. The first-order valence-electron chi connectivity index (χ1n) is 9.43. The van der Waals surface area contributed by atoms with E-state index in [0.29, 0.717) is 13.1 Å². The van der Waals surface area contributed by atoms with Crippen molar-refractivity contribution < 1.29 is 16.8 Å². The third-order valence-electron chi connectivity index (χ3n) is 5.46. The standard InChI is InChI=1S/C18H27ClN2O4S2/c1-26(22,23)16-8-9-17(19)18(13-16)27(24,25)21-12-6-7-15(14-21)20-10-4-2-3-5-11-20/h8-9,13,15H,2-7,10-12,14H2,1H3. The number of benzene rings is 1. The molecular weight excluding hydrogens is 408 g/mol. The Morgan fingerprint density at radius 1 is 0.963 bits per heavy atom. The molecule has 0 radical (unpaired) electrons. The van der Waals surface area contributed by atoms with Crippen molar-refractivity contribution in [3.05, 3.63) is 23.2 Å². The molecule has 3 rings (SSSR count). The van der Waals surface area contributed by atoms with Crippen LogP contribution in [-0.4, -0.2) is 64.5 Å². The van der Waals surface area contributed by atoms with E-state index in [0.717, 1.165) is 45.0 Å². The summed E-state index contributed by atoms with van der Waals surface area (Å²) < 4.78 is 51.6. The van der Waals surface area contributed by atoms with E-state index in [1.165, 1.54) is 35.3 Å². The first kappa shape index (κ1) is 21.0. The van der Waals surface area contributed by atoms with Gasteiger partial charge in [-0.15, -0.1) is 0 Å². The maximum absolute atomic E-state index is 13.2. The Labute approximate surface area is 167 Å². The Morgan fingerprint density at radius 2 is 1.63 bits per heavy atom. The predicted octanol–water partition coefficient (Wildman–Crippen LogP) is 2.77. The summed E-state index contributed by atoms with van der Waals surface area (Å²) in [5, 5.41) is 0.0549. The van der Waals surface area contributed by atoms with Gasteiger partial charge >= 0.3 is 0 Å². The quantitative estimate of drug-likeness (QED) is 0.728. The first-order valence-corrected chi connectivity index (χ1v) is 13.1. The van der Waals surface area contributed by atoms with Crippen LogP contribution in [0.5, 0.6) is 0 Å². The molecule has 2 fully saturated rings. The Kier molecular flexibility index (Phi) is 6.52. The second kappa shape index (κ2) is 8.37. The van der Waals surface area contributed by atoms with Crippen LogP contribution < -0.4 is 0 Å². The average molecular weight is 435 g/mol. The van der Waals surface area contributed by atoms with Crippen LogP contribution in [0.4, 0.5) is 0 Å². The summed E-state index contributed by atoms with van der Waals surface area (Å²) >= 11 is 6.15. The van der Waals surface area contributed by atoms with Crippen molar-refractivity contribution in [1.82, 2.24) is 9.21 Å². The summed E-state index contributed by atoms with van der Waals surface area (Å²) in [6, 6.07) is 4.08. The second-order valence-corrected chi connectivity index (χ2v) is 11.8. The molecule has 2 saturated heterocycles. The van der Waals surface area contributed by atoms with Gasteiger partial charge in [0.05, 0.1) is 9.92 Å². The molecule has 0 aromatic heterocycles. The topological polar surface area (TPSA) is 74.8 Å². The van der Waals surface area contributed by atoms with E-state index in [9.17, 15) is 16.8 Å². The minimum absolute atomic E-state index is 0.0356. The fourth-order valence-corrected chi connectivity index (χ4v) is 6.69. The fraction of sp³-hybridized carbons (Fsp3) is 0.667. The molecule has 0 N–H and O–H groups in total. The molecule has 27 heavy (non-hydrogen) atoms. The molecule has 9 heteroatoms. The molecule has 0 bridgehead atoms. The minimum atomic E-state index is -3.85. The molecule has 2 aliphatic rings. The van der Waals surface area contributed by atoms with Gasteiger partial charge in [0, 0.05) is 25.4 Å². The summed E-state index contributed by atoms with van der Waals surface area (Å²) in [7, 11) is -7.36. The number of piperidine rings is 1. The Morgan fingerprint density at radius 3 is 2.26 bits per heavy atom. The SMILES string of the molecule is CS(=O)(=O)c1ccc(Cl)c(S(=O)(=O)N2CCCC(N3CCCCCC3)C2)c1. The van der Waals surface area contributed by atoms with Crippen molar-refractivity contribution in [3.63, 3.8) is 0 Å². The minimum Gasteiger partial charge on any atom is -0.299 e. The number of nitrogens with zero attached hydrogens (tertiary/aromatic N) is 2. The van der Waals surface area contributed by atoms with E-state index >= 15 is 0 Å². The zero-order valence-corrected chi connectivity index (χ0v) is 18.0. The van der Waals surface area contributed by atoms with E-state index in [2.05, 4.69) is 4.90 Å². The first-order chi connectivity index (χ1) is 12.7. The molecule has 0 aliphatic carbocycles. The number of hydrogen-bond donors (Lipinski definition) is 0. The molecule has 0 saturated carbocycles. The summed E-state index contributed by atoms with van der Waals surface area (Å²) in [5.41, 5.74) is 0. The predicted molar refractivity (Wildman–Crippen MR) is 106 cm³/mol. The van der Waals surface area contributed by atoms with E-state index in [4.69, 9.17) is 11.6 Å². The molecule has 2 aliphatic heterocycles. The van der Waals surface area contributed by atoms with Crippen LogP contribution in [0.1, 0.15) is 38.5 Å². The van der Waals surface area contributed by atoms with Crippen LogP contribution in [0.25, 0.3) is 0 Å². The second-order valence-electron chi connectivity index (χ2n) is 7.47. The van der Waals surface area contributed by atoms with Gasteiger partial charge in [-0.25, -0.2) is 16.8 Å². The van der Waals surface area contributed by atoms with Gasteiger partial charge in [0.15, 0.2) is 9.84 Å². The molecule has 152 valence electrons. The van der Waals surface area contributed by atoms with Crippen molar-refractivity contribution in [2.24, 2.45) is 0 Å². The number of sulfonamides is 1. The third kappa shape index (κ3) is 4.85. The Balaban J connectivity index is 1.86. The Bertz CT molecular complexity index is 879. The van der Waals surface area contributed by atoms with Crippen LogP contribution >= 0.6 is 11.6 Å². The molecule has 6 nitrogen and oxygen atoms in total. The lowest BCUT2D eigenvalue weighted by molar-refractivity contribution is 0.139. The van der Waals surface area contributed by atoms with Gasteiger partial charge in [-0.05, 0) is 57.0 Å². The van der Waals surface area contributed by atoms with Gasteiger partial charge in [0.25, 0.3) is 0 Å². The van der Waals surface area contributed by atoms with E-state index < -0.39 is 19.9 Å². The van der Waals surface area contributed by atoms with Crippen molar-refractivity contribution in [2.45, 2.75) is 54.4 Å². The third-order valence-corrected chi connectivity index (χ3v) is 8.92. The summed E-state index contributed by atoms with van der Waals surface area (Å²) in [5.74, 6) is 0. The molecule has 1 unspecified atom stereocenters. The molecule has 0 spiro atoms. The van der Waals surface area contributed by atoms with Crippen LogP contribution in [0, 0.1) is 0 Å². The van der Waals surface area contributed by atoms with Gasteiger partial charge in [-0.2, -0.15) is 4.31 Å². The zero-order valence-electron chi connectivity index (χ0n) is 15.6. The van der Waals surface area contributed by atoms with Gasteiger partial charge in [0.1, 0.15) is 4.90 Å². The van der Waals surface area contributed by atoms with E-state index in [1.807, 2.05) is 0 Å². The van der Waals surface area contributed by atoms with E-state index in [1.54, 1.807) is 0 Å². The molecule has 0 amide bonds. The normalized spacial score (nSPS) is 23.9. The molecule has 1 atom stereocenters. The Hall–Kier alpha value is -0.670. The molecule has 2 heterocycles. The zero-order chi connectivity index (χ0) is 19.7. The average Bonchev–Trinajstić information content (AvgIpc) is 2.90. The maximum Gasteiger partial charge on any atom is 0.244 e. The highest BCUT2D eigenvalue weighted by molar-refractivity contribution is 7.91. The highest BCUT2D eigenvalue weighted by atomic mass is 35.5. The summed E-state index contributed by atoms with van der Waals surface area (Å²) in [4.78, 5) is 2.26. The number of hydrogen-bond acceptors (Lipinski definition) is 5. The lowest BCUT2D eigenvalue weighted by Crippen LogP contribution is -2.50. The number of sulfone groups is 1. The summed E-state index contributed by atoms with van der Waals surface area (Å²) in [6.07, 6.45) is 7.63. The maximum atomic E-state index is 13.2. The summed E-state index contributed by atoms with van der Waals surface area (Å²) in [6.45, 7) is 2.90. The number of likely N-dealkylation sites (tertiary alicyclic amines) is 1. The largest absolute Gasteiger partial charge is 0.299 e. The van der Waals surface area contributed by atoms with Gasteiger partial charge in [-0.1, -0.05) is 24.4 Å². The highest BCUT2D eigenvalue weighted by Crippen LogP contribution is 2.30. The van der Waals surface area contributed by atoms with Gasteiger partial charge in [0.2, 0.25) is 10.0 Å². The van der Waals surface area contributed by atoms with Gasteiger partial charge < -0.3 is 0 Å². The van der Waals surface area contributed by atoms with Crippen LogP contribution in [-0.2, 0) is 19.9 Å². The van der Waals surface area contributed by atoms with E-state index in [-0.39, 0.29) is 20.9 Å². The van der Waals surface area contributed by atoms with Crippen LogP contribution in [0.3, 0.4) is 0 Å². The van der Waals surface area contributed by atoms with Crippen molar-refractivity contribution in [1.29, 1.82) is 0 Å². The monoisotopic (exact) mass is 434 g/mol. The van der Waals surface area contributed by atoms with Crippen molar-refractivity contribution >= 4 is 31.5 Å². The van der Waals surface area contributed by atoms with Crippen molar-refractivity contribution in [2.75, 3.05) is 32.4 Å². The number of halogens is 1. The van der Waals surface area contributed by atoms with Crippen LogP contribution in [0.15, 0.2) is 28.0 Å². The molecular formula is C18H27ClN2O4S2. The number of rotatable bonds is 4. The van der Waals surface area contributed by atoms with Gasteiger partial charge in [-0.3, -0.25) is 4.90 Å². The van der Waals surface area contributed by atoms with Crippen molar-refractivity contribution in [3.8, 4) is 0 Å². The highest BCUT2D eigenvalue weighted by Gasteiger charge is 2.34. The lowest BCUT2D eigenvalue weighted by atomic mass is 10.1. The smallest absolute Gasteiger partial charge is 0.244 e. The van der Waals surface area contributed by atoms with Crippen LogP contribution in [0.2, 0.25) is 5.02 Å². The lowest BCUT2D eigenvalue weighted by Gasteiger charge is -2.38. The molecule has 1 aromatic rings.